The summed E-state index contributed by atoms with van der Waals surface area (Å²) in [6, 6.07) is 0. The number of amidine groups is 1. The summed E-state index contributed by atoms with van der Waals surface area (Å²) < 4.78 is 2.85. The van der Waals surface area contributed by atoms with Crippen LogP contribution in [0.25, 0.3) is 0 Å². The van der Waals surface area contributed by atoms with Crippen LogP contribution in [0, 0.1) is 23.7 Å². The summed E-state index contributed by atoms with van der Waals surface area (Å²) in [6.45, 7) is 5.23. The minimum Gasteiger partial charge on any atom is -0.330 e. The molecule has 1 aliphatic rings. The predicted octanol–water partition coefficient (Wildman–Crippen LogP) is 1.35. The minimum atomic E-state index is 0.229. The van der Waals surface area contributed by atoms with Gasteiger partial charge in [-0.25, -0.2) is 0 Å². The van der Waals surface area contributed by atoms with E-state index in [9.17, 15) is 0 Å². The third kappa shape index (κ3) is 4.26. The summed E-state index contributed by atoms with van der Waals surface area (Å²) in [5.41, 5.74) is 8.89. The number of nitrogens with one attached hydrogen (secondary N) is 2. The molecule has 0 bridgehead atoms. The Morgan fingerprint density at radius 2 is 1.94 bits per heavy atom. The smallest absolute Gasteiger partial charge is 0.141 e. The molecule has 1 fully saturated rings. The number of nitrogens with zero attached hydrogens (tertiary/aromatic N) is 1. The van der Waals surface area contributed by atoms with E-state index in [0.717, 1.165) is 17.7 Å². The van der Waals surface area contributed by atoms with Crippen molar-refractivity contribution in [2.24, 2.45) is 40.3 Å². The zero-order chi connectivity index (χ0) is 12.8. The molecule has 6 N–H and O–H groups in total. The zero-order valence-corrected chi connectivity index (χ0v) is 12.8. The molecule has 5 nitrogen and oxygen atoms in total. The lowest BCUT2D eigenvalue weighted by molar-refractivity contribution is 0.188. The third-order valence-electron chi connectivity index (χ3n) is 3.70. The van der Waals surface area contributed by atoms with Crippen molar-refractivity contribution in [3.05, 3.63) is 0 Å². The van der Waals surface area contributed by atoms with Crippen LogP contribution < -0.4 is 20.6 Å². The van der Waals surface area contributed by atoms with Crippen molar-refractivity contribution >= 4 is 28.7 Å². The van der Waals surface area contributed by atoms with Crippen molar-refractivity contribution in [3.8, 4) is 0 Å². The molecule has 1 saturated carbocycles. The zero-order valence-electron chi connectivity index (χ0n) is 10.6. The Morgan fingerprint density at radius 3 is 2.35 bits per heavy atom. The van der Waals surface area contributed by atoms with Crippen LogP contribution in [-0.2, 0) is 0 Å². The molecule has 0 aromatic heterocycles. The van der Waals surface area contributed by atoms with Gasteiger partial charge in [-0.05, 0) is 37.0 Å². The van der Waals surface area contributed by atoms with Gasteiger partial charge in [-0.15, -0.1) is 0 Å². The van der Waals surface area contributed by atoms with E-state index < -0.39 is 0 Å². The molecular weight excluding hydrogens is 329 g/mol. The van der Waals surface area contributed by atoms with E-state index in [0.29, 0.717) is 12.5 Å². The summed E-state index contributed by atoms with van der Waals surface area (Å²) >= 11 is 2.02. The molecule has 1 aliphatic carbocycles. The van der Waals surface area contributed by atoms with Gasteiger partial charge in [0.2, 0.25) is 0 Å². The summed E-state index contributed by atoms with van der Waals surface area (Å²) in [4.78, 5) is 0. The molecule has 0 aromatic rings. The Hall–Kier alpha value is -0.0800. The number of rotatable bonds is 4. The van der Waals surface area contributed by atoms with E-state index in [2.05, 4.69) is 28.0 Å². The molecule has 0 aromatic carbocycles. The van der Waals surface area contributed by atoms with E-state index in [-0.39, 0.29) is 5.92 Å². The Kier molecular flexibility index (Phi) is 6.50. The van der Waals surface area contributed by atoms with Crippen molar-refractivity contribution in [1.82, 2.24) is 9.06 Å². The maximum atomic E-state index is 5.89. The molecule has 0 amide bonds. The molecule has 0 spiro atoms. The Bertz CT molecular complexity index is 248. The molecule has 0 heterocycles. The fourth-order valence-electron chi connectivity index (χ4n) is 3.13. The number of hydrogen-bond acceptors (Lipinski definition) is 4. The summed E-state index contributed by atoms with van der Waals surface area (Å²) in [5.74, 6) is 8.56. The van der Waals surface area contributed by atoms with Gasteiger partial charge < -0.3 is 11.6 Å². The van der Waals surface area contributed by atoms with Crippen LogP contribution in [0.5, 0.6) is 0 Å². The fraction of sp³-hybridized carbons (Fsp3) is 0.909. The number of nitrogens with two attached hydrogens (primary N) is 2. The first-order chi connectivity index (χ1) is 8.12. The van der Waals surface area contributed by atoms with Gasteiger partial charge in [0, 0.05) is 35.3 Å². The van der Waals surface area contributed by atoms with Gasteiger partial charge in [0.15, 0.2) is 0 Å². The maximum absolute atomic E-state index is 5.89. The molecule has 100 valence electrons. The van der Waals surface area contributed by atoms with E-state index in [1.807, 2.05) is 22.9 Å². The highest BCUT2D eigenvalue weighted by atomic mass is 127. The molecule has 0 radical (unpaired) electrons. The lowest BCUT2D eigenvalue weighted by Crippen LogP contribution is -2.45. The number of hydrogen-bond donors (Lipinski definition) is 4. The van der Waals surface area contributed by atoms with E-state index in [4.69, 9.17) is 11.6 Å². The second-order valence-electron chi connectivity index (χ2n) is 5.25. The topological polar surface area (TPSA) is 88.5 Å². The van der Waals surface area contributed by atoms with Crippen LogP contribution in [0.4, 0.5) is 0 Å². The Balaban J connectivity index is 2.71. The van der Waals surface area contributed by atoms with Gasteiger partial charge in [-0.2, -0.15) is 8.74 Å². The van der Waals surface area contributed by atoms with Crippen molar-refractivity contribution in [1.29, 1.82) is 0 Å². The van der Waals surface area contributed by atoms with Gasteiger partial charge in [0.25, 0.3) is 0 Å². The van der Waals surface area contributed by atoms with Gasteiger partial charge >= 0.3 is 0 Å². The number of halogens is 1. The van der Waals surface area contributed by atoms with Crippen LogP contribution in [0.1, 0.15) is 33.1 Å². The first kappa shape index (κ1) is 15.0. The van der Waals surface area contributed by atoms with E-state index in [1.165, 1.54) is 19.3 Å². The molecule has 0 saturated heterocycles. The average molecular weight is 353 g/mol. The third-order valence-corrected chi connectivity index (χ3v) is 3.97. The van der Waals surface area contributed by atoms with Crippen molar-refractivity contribution in [3.63, 3.8) is 0 Å². The summed E-state index contributed by atoms with van der Waals surface area (Å²) in [5, 5.41) is 3.83. The normalized spacial score (nSPS) is 32.2. The van der Waals surface area contributed by atoms with Crippen LogP contribution in [0.2, 0.25) is 0 Å². The molecule has 1 rings (SSSR count). The maximum Gasteiger partial charge on any atom is 0.141 e. The van der Waals surface area contributed by atoms with Gasteiger partial charge in [0.1, 0.15) is 5.84 Å². The van der Waals surface area contributed by atoms with Gasteiger partial charge in [-0.1, -0.05) is 13.8 Å². The van der Waals surface area contributed by atoms with Crippen LogP contribution >= 0.6 is 22.9 Å². The molecule has 0 aliphatic heterocycles. The number of hydrazine groups is 1. The Labute approximate surface area is 118 Å². The highest BCUT2D eigenvalue weighted by molar-refractivity contribution is 14.1. The van der Waals surface area contributed by atoms with Crippen molar-refractivity contribution < 1.29 is 0 Å². The molecular formula is C11H24IN5. The first-order valence-electron chi connectivity index (χ1n) is 6.21. The van der Waals surface area contributed by atoms with E-state index >= 15 is 0 Å². The monoisotopic (exact) mass is 353 g/mol. The lowest BCUT2D eigenvalue weighted by atomic mass is 9.71. The van der Waals surface area contributed by atoms with Crippen LogP contribution in [0.3, 0.4) is 0 Å². The molecule has 2 unspecified atom stereocenters. The predicted molar refractivity (Wildman–Crippen MR) is 80.1 cm³/mol. The van der Waals surface area contributed by atoms with Gasteiger partial charge in [0.05, 0.1) is 0 Å². The Morgan fingerprint density at radius 1 is 1.35 bits per heavy atom. The second-order valence-corrected chi connectivity index (χ2v) is 5.79. The molecule has 6 heteroatoms. The standard InChI is InChI=1S/C11H24IN5/c1-7-3-8(2)5-9(4-7)10(6-13)11(15-14)16-17-12/h7-10,17H,3-6,13-14H2,1-2H3,(H,15,16)/t7-,8+,9?,10?. The average Bonchev–Trinajstić information content (AvgIpc) is 2.27. The number of hydrazone groups is 1. The van der Waals surface area contributed by atoms with Crippen LogP contribution in [-0.4, -0.2) is 12.4 Å². The van der Waals surface area contributed by atoms with Gasteiger partial charge in [-0.3, -0.25) is 5.43 Å². The SMILES string of the molecule is C[C@@H]1CC(C(CN)C(=NN)NNI)C[C@H](C)C1. The minimum absolute atomic E-state index is 0.229. The van der Waals surface area contributed by atoms with Crippen molar-refractivity contribution in [2.75, 3.05) is 6.54 Å². The molecule has 4 atom stereocenters. The first-order valence-corrected chi connectivity index (χ1v) is 7.29. The quantitative estimate of drug-likeness (QED) is 0.153. The lowest BCUT2D eigenvalue weighted by Gasteiger charge is -2.36. The van der Waals surface area contributed by atoms with Crippen molar-refractivity contribution in [2.45, 2.75) is 33.1 Å². The molecule has 17 heavy (non-hydrogen) atoms. The second kappa shape index (κ2) is 7.38. The van der Waals surface area contributed by atoms with E-state index in [1.54, 1.807) is 0 Å². The largest absolute Gasteiger partial charge is 0.330 e. The highest BCUT2D eigenvalue weighted by Crippen LogP contribution is 2.36. The van der Waals surface area contributed by atoms with Crippen LogP contribution in [0.15, 0.2) is 5.10 Å². The highest BCUT2D eigenvalue weighted by Gasteiger charge is 2.32. The summed E-state index contributed by atoms with van der Waals surface area (Å²) in [7, 11) is 0. The summed E-state index contributed by atoms with van der Waals surface area (Å²) in [6.07, 6.45) is 3.75. The fourth-order valence-corrected chi connectivity index (χ4v) is 3.41.